The molecule has 29 heavy (non-hydrogen) atoms. The molecule has 0 radical (unpaired) electrons. The molecular weight excluding hydrogens is 374 g/mol. The van der Waals surface area contributed by atoms with E-state index in [9.17, 15) is 10.1 Å². The van der Waals surface area contributed by atoms with Crippen LogP contribution in [0, 0.1) is 23.2 Å². The van der Waals surface area contributed by atoms with Crippen LogP contribution in [0.2, 0.25) is 0 Å². The summed E-state index contributed by atoms with van der Waals surface area (Å²) in [6, 6.07) is 7.88. The second-order valence-electron chi connectivity index (χ2n) is 7.30. The molecule has 2 aliphatic carbocycles. The highest BCUT2D eigenvalue weighted by atomic mass is 16.7. The number of ether oxygens (including phenoxy) is 5. The highest BCUT2D eigenvalue weighted by molar-refractivity contribution is 5.91. The van der Waals surface area contributed by atoms with Crippen LogP contribution in [0.4, 0.5) is 0 Å². The molecule has 1 aromatic rings. The van der Waals surface area contributed by atoms with E-state index < -0.39 is 11.9 Å². The molecule has 0 aliphatic heterocycles. The van der Waals surface area contributed by atoms with Gasteiger partial charge in [0, 0.05) is 19.4 Å². The lowest BCUT2D eigenvalue weighted by Gasteiger charge is -2.31. The van der Waals surface area contributed by atoms with E-state index in [0.717, 1.165) is 5.56 Å². The first-order valence-corrected chi connectivity index (χ1v) is 9.76. The smallest absolute Gasteiger partial charge is 0.337 e. The quantitative estimate of drug-likeness (QED) is 0.462. The third-order valence-electron chi connectivity index (χ3n) is 5.34. The van der Waals surface area contributed by atoms with Crippen LogP contribution in [0.3, 0.4) is 0 Å². The molecule has 7 heteroatoms. The van der Waals surface area contributed by atoms with E-state index in [4.69, 9.17) is 23.7 Å². The van der Waals surface area contributed by atoms with Gasteiger partial charge in [0.2, 0.25) is 0 Å². The minimum absolute atomic E-state index is 0.0259. The summed E-state index contributed by atoms with van der Waals surface area (Å²) < 4.78 is 27.1. The predicted octanol–water partition coefficient (Wildman–Crippen LogP) is 3.55. The van der Waals surface area contributed by atoms with Crippen LogP contribution in [-0.2, 0) is 19.0 Å². The lowest BCUT2D eigenvalue weighted by molar-refractivity contribution is -0.137. The first kappa shape index (κ1) is 21.0. The average Bonchev–Trinajstić information content (AvgIpc) is 3.59. The molecule has 0 aromatic heterocycles. The maximum absolute atomic E-state index is 12.7. The van der Waals surface area contributed by atoms with E-state index in [1.807, 2.05) is 18.2 Å². The monoisotopic (exact) mass is 401 g/mol. The molecule has 2 atom stereocenters. The number of carbonyl (C=O) groups is 1. The molecule has 156 valence electrons. The van der Waals surface area contributed by atoms with Crippen LogP contribution >= 0.6 is 0 Å². The number of methoxy groups -OCH3 is 3. The van der Waals surface area contributed by atoms with Crippen LogP contribution in [0.5, 0.6) is 11.5 Å². The summed E-state index contributed by atoms with van der Waals surface area (Å²) >= 11 is 0. The lowest BCUT2D eigenvalue weighted by Crippen LogP contribution is -2.27. The van der Waals surface area contributed by atoms with Gasteiger partial charge in [-0.15, -0.1) is 0 Å². The Morgan fingerprint density at radius 2 is 1.93 bits per heavy atom. The minimum Gasteiger partial charge on any atom is -0.493 e. The summed E-state index contributed by atoms with van der Waals surface area (Å²) in [4.78, 5) is 12.7. The third kappa shape index (κ3) is 4.83. The van der Waals surface area contributed by atoms with Gasteiger partial charge in [-0.05, 0) is 42.9 Å². The number of esters is 1. The molecule has 0 N–H and O–H groups in total. The Morgan fingerprint density at radius 1 is 1.14 bits per heavy atom. The van der Waals surface area contributed by atoms with Gasteiger partial charge in [-0.2, -0.15) is 5.26 Å². The van der Waals surface area contributed by atoms with Gasteiger partial charge < -0.3 is 23.7 Å². The Hall–Kier alpha value is -2.72. The van der Waals surface area contributed by atoms with Gasteiger partial charge in [-0.3, -0.25) is 0 Å². The Labute approximate surface area is 171 Å². The molecule has 7 nitrogen and oxygen atoms in total. The van der Waals surface area contributed by atoms with Crippen LogP contribution in [0.1, 0.15) is 37.2 Å². The molecule has 0 bridgehead atoms. The highest BCUT2D eigenvalue weighted by Gasteiger charge is 2.39. The molecule has 1 fully saturated rings. The second-order valence-corrected chi connectivity index (χ2v) is 7.30. The van der Waals surface area contributed by atoms with Gasteiger partial charge in [0.05, 0.1) is 38.4 Å². The lowest BCUT2D eigenvalue weighted by atomic mass is 9.74. The number of carbonyl (C=O) groups excluding carboxylic acids is 1. The zero-order valence-electron chi connectivity index (χ0n) is 17.1. The van der Waals surface area contributed by atoms with E-state index >= 15 is 0 Å². The zero-order chi connectivity index (χ0) is 20.8. The third-order valence-corrected chi connectivity index (χ3v) is 5.34. The fourth-order valence-electron chi connectivity index (χ4n) is 3.62. The van der Waals surface area contributed by atoms with Gasteiger partial charge in [0.25, 0.3) is 0 Å². The largest absolute Gasteiger partial charge is 0.493 e. The summed E-state index contributed by atoms with van der Waals surface area (Å²) in [6.45, 7) is 0.659. The zero-order valence-corrected chi connectivity index (χ0v) is 17.1. The van der Waals surface area contributed by atoms with Crippen molar-refractivity contribution in [3.05, 3.63) is 35.1 Å². The maximum Gasteiger partial charge on any atom is 0.337 e. The Kier molecular flexibility index (Phi) is 6.99. The molecule has 3 rings (SSSR count). The summed E-state index contributed by atoms with van der Waals surface area (Å²) in [5.41, 5.74) is 1.16. The van der Waals surface area contributed by atoms with Gasteiger partial charge in [0.1, 0.15) is 5.76 Å². The van der Waals surface area contributed by atoms with E-state index in [2.05, 4.69) is 6.07 Å². The number of nitriles is 1. The van der Waals surface area contributed by atoms with Crippen molar-refractivity contribution in [3.63, 3.8) is 0 Å². The van der Waals surface area contributed by atoms with Crippen molar-refractivity contribution in [3.8, 4) is 17.6 Å². The summed E-state index contributed by atoms with van der Waals surface area (Å²) in [7, 11) is 4.44. The predicted molar refractivity (Wildman–Crippen MR) is 104 cm³/mol. The number of rotatable bonds is 9. The standard InChI is InChI=1S/C22H27NO6/c1-25-13-29-18-9-7-16(11-23)20(21(18)22(24)27-3)15-6-8-17(26-2)19(10-15)28-12-14-4-5-14/h6,8,10,14,16,20H,4-5,7,9,12-13H2,1-3H3. The minimum atomic E-state index is -0.502. The van der Waals surface area contributed by atoms with Gasteiger partial charge in [0.15, 0.2) is 18.3 Å². The SMILES string of the molecule is COCOC1=C(C(=O)OC)C(c2ccc(OC)c(OCC3CC3)c2)C(C#N)CC1. The summed E-state index contributed by atoms with van der Waals surface area (Å²) in [6.07, 6.45) is 3.40. The van der Waals surface area contributed by atoms with Gasteiger partial charge in [-0.1, -0.05) is 6.07 Å². The maximum atomic E-state index is 12.7. The van der Waals surface area contributed by atoms with Crippen LogP contribution in [0.15, 0.2) is 29.5 Å². The normalized spacial score (nSPS) is 21.3. The molecule has 0 amide bonds. The van der Waals surface area contributed by atoms with Crippen LogP contribution < -0.4 is 9.47 Å². The molecule has 1 aromatic carbocycles. The van der Waals surface area contributed by atoms with Crippen molar-refractivity contribution < 1.29 is 28.5 Å². The Bertz CT molecular complexity index is 808. The summed E-state index contributed by atoms with van der Waals surface area (Å²) in [5, 5.41) is 9.77. The van der Waals surface area contributed by atoms with E-state index in [0.29, 0.717) is 48.2 Å². The number of benzene rings is 1. The Balaban J connectivity index is 2.01. The average molecular weight is 401 g/mol. The number of allylic oxidation sites excluding steroid dienone is 1. The van der Waals surface area contributed by atoms with Crippen molar-refractivity contribution >= 4 is 5.97 Å². The first-order valence-electron chi connectivity index (χ1n) is 9.76. The molecule has 0 spiro atoms. The van der Waals surface area contributed by atoms with Gasteiger partial charge >= 0.3 is 5.97 Å². The van der Waals surface area contributed by atoms with Crippen molar-refractivity contribution in [2.45, 2.75) is 31.6 Å². The molecule has 0 saturated heterocycles. The van der Waals surface area contributed by atoms with E-state index in [1.54, 1.807) is 7.11 Å². The summed E-state index contributed by atoms with van der Waals surface area (Å²) in [5.74, 6) is 0.958. The number of nitrogens with zero attached hydrogens (tertiary/aromatic N) is 1. The van der Waals surface area contributed by atoms with Crippen LogP contribution in [-0.4, -0.2) is 40.7 Å². The number of hydrogen-bond donors (Lipinski definition) is 0. The number of hydrogen-bond acceptors (Lipinski definition) is 7. The van der Waals surface area contributed by atoms with Crippen molar-refractivity contribution in [1.82, 2.24) is 0 Å². The first-order chi connectivity index (χ1) is 14.1. The fraction of sp³-hybridized carbons (Fsp3) is 0.545. The molecule has 0 heterocycles. The Morgan fingerprint density at radius 3 is 2.55 bits per heavy atom. The molecule has 2 unspecified atom stereocenters. The molecule has 2 aliphatic rings. The topological polar surface area (TPSA) is 87.0 Å². The fourth-order valence-corrected chi connectivity index (χ4v) is 3.62. The molecular formula is C22H27NO6. The van der Waals surface area contributed by atoms with Crippen molar-refractivity contribution in [2.24, 2.45) is 11.8 Å². The van der Waals surface area contributed by atoms with Crippen LogP contribution in [0.25, 0.3) is 0 Å². The second kappa shape index (κ2) is 9.66. The molecule has 1 saturated carbocycles. The van der Waals surface area contributed by atoms with Crippen molar-refractivity contribution in [2.75, 3.05) is 34.7 Å². The van der Waals surface area contributed by atoms with Gasteiger partial charge in [-0.25, -0.2) is 4.79 Å². The van der Waals surface area contributed by atoms with Crippen molar-refractivity contribution in [1.29, 1.82) is 5.26 Å². The van der Waals surface area contributed by atoms with E-state index in [-0.39, 0.29) is 12.7 Å². The van der Waals surface area contributed by atoms with E-state index in [1.165, 1.54) is 27.1 Å². The highest BCUT2D eigenvalue weighted by Crippen LogP contribution is 2.44.